The number of hydrogen-bond donors (Lipinski definition) is 1. The SMILES string of the molecule is CNC(=O)[C@H]1C[C@@H]2CN(S(=O)(=O)C3CC3)C[C@H]1O2. The fourth-order valence-corrected chi connectivity index (χ4v) is 4.75. The van der Waals surface area contributed by atoms with Crippen LogP contribution in [-0.4, -0.2) is 56.2 Å². The van der Waals surface area contributed by atoms with Gasteiger partial charge in [-0.05, 0) is 19.3 Å². The van der Waals surface area contributed by atoms with E-state index in [1.165, 1.54) is 4.31 Å². The van der Waals surface area contributed by atoms with E-state index in [0.29, 0.717) is 19.5 Å². The van der Waals surface area contributed by atoms with Gasteiger partial charge in [0.2, 0.25) is 15.9 Å². The van der Waals surface area contributed by atoms with E-state index < -0.39 is 10.0 Å². The van der Waals surface area contributed by atoms with Crippen molar-refractivity contribution in [3.63, 3.8) is 0 Å². The molecular weight excluding hydrogens is 256 g/mol. The zero-order valence-corrected chi connectivity index (χ0v) is 11.1. The molecule has 2 saturated heterocycles. The van der Waals surface area contributed by atoms with Crippen LogP contribution in [-0.2, 0) is 19.6 Å². The van der Waals surface area contributed by atoms with Gasteiger partial charge >= 0.3 is 0 Å². The Morgan fingerprint density at radius 2 is 2.06 bits per heavy atom. The molecule has 0 radical (unpaired) electrons. The van der Waals surface area contributed by atoms with Gasteiger partial charge in [-0.25, -0.2) is 8.42 Å². The van der Waals surface area contributed by atoms with Crippen molar-refractivity contribution in [3.8, 4) is 0 Å². The third kappa shape index (κ3) is 1.94. The standard InChI is InChI=1S/C11H18N2O4S/c1-12-11(14)9-4-7-5-13(6-10(9)17-7)18(15,16)8-2-3-8/h7-10H,2-6H2,1H3,(H,12,14)/t7-,9+,10-/m1/s1. The summed E-state index contributed by atoms with van der Waals surface area (Å²) >= 11 is 0. The maximum absolute atomic E-state index is 12.2. The minimum absolute atomic E-state index is 0.0480. The van der Waals surface area contributed by atoms with Crippen LogP contribution in [0.2, 0.25) is 0 Å². The molecule has 0 aromatic rings. The minimum atomic E-state index is -3.15. The van der Waals surface area contributed by atoms with Crippen LogP contribution in [0.25, 0.3) is 0 Å². The summed E-state index contributed by atoms with van der Waals surface area (Å²) in [6, 6.07) is 0. The summed E-state index contributed by atoms with van der Waals surface area (Å²) in [7, 11) is -1.55. The van der Waals surface area contributed by atoms with Crippen molar-refractivity contribution < 1.29 is 17.9 Å². The van der Waals surface area contributed by atoms with E-state index in [1.807, 2.05) is 0 Å². The maximum Gasteiger partial charge on any atom is 0.225 e. The lowest BCUT2D eigenvalue weighted by Crippen LogP contribution is -2.48. The molecule has 3 atom stereocenters. The summed E-state index contributed by atoms with van der Waals surface area (Å²) in [5, 5.41) is 2.43. The molecule has 2 heterocycles. The molecule has 1 aliphatic carbocycles. The predicted octanol–water partition coefficient (Wildman–Crippen LogP) is -0.686. The molecule has 6 nitrogen and oxygen atoms in total. The van der Waals surface area contributed by atoms with E-state index in [2.05, 4.69) is 5.32 Å². The number of nitrogens with zero attached hydrogens (tertiary/aromatic N) is 1. The topological polar surface area (TPSA) is 75.7 Å². The Labute approximate surface area is 107 Å². The minimum Gasteiger partial charge on any atom is -0.371 e. The maximum atomic E-state index is 12.2. The monoisotopic (exact) mass is 274 g/mol. The Bertz CT molecular complexity index is 460. The largest absolute Gasteiger partial charge is 0.371 e. The molecule has 0 spiro atoms. The Kier molecular flexibility index (Phi) is 2.87. The molecule has 1 N–H and O–H groups in total. The lowest BCUT2D eigenvalue weighted by molar-refractivity contribution is -0.126. The van der Waals surface area contributed by atoms with Gasteiger partial charge in [0.1, 0.15) is 0 Å². The van der Waals surface area contributed by atoms with Gasteiger partial charge < -0.3 is 10.1 Å². The normalized spacial score (nSPS) is 36.6. The molecule has 102 valence electrons. The number of carbonyl (C=O) groups is 1. The van der Waals surface area contributed by atoms with Crippen molar-refractivity contribution in [2.45, 2.75) is 36.7 Å². The summed E-state index contributed by atoms with van der Waals surface area (Å²) in [5.41, 5.74) is 0. The fourth-order valence-electron chi connectivity index (χ4n) is 2.87. The molecule has 18 heavy (non-hydrogen) atoms. The molecule has 3 fully saturated rings. The van der Waals surface area contributed by atoms with Gasteiger partial charge in [0.05, 0.1) is 23.4 Å². The zero-order chi connectivity index (χ0) is 12.9. The lowest BCUT2D eigenvalue weighted by Gasteiger charge is -2.31. The van der Waals surface area contributed by atoms with Gasteiger partial charge in [-0.2, -0.15) is 4.31 Å². The number of sulfonamides is 1. The van der Waals surface area contributed by atoms with Crippen LogP contribution < -0.4 is 5.32 Å². The molecule has 2 bridgehead atoms. The molecule has 0 aromatic carbocycles. The van der Waals surface area contributed by atoms with Crippen LogP contribution in [0.3, 0.4) is 0 Å². The van der Waals surface area contributed by atoms with Crippen molar-refractivity contribution in [1.82, 2.24) is 9.62 Å². The van der Waals surface area contributed by atoms with E-state index in [-0.39, 0.29) is 29.3 Å². The number of carbonyl (C=O) groups excluding carboxylic acids is 1. The highest BCUT2D eigenvalue weighted by Crippen LogP contribution is 2.37. The van der Waals surface area contributed by atoms with E-state index in [0.717, 1.165) is 12.8 Å². The number of rotatable bonds is 3. The highest BCUT2D eigenvalue weighted by Gasteiger charge is 2.50. The average molecular weight is 274 g/mol. The lowest BCUT2D eigenvalue weighted by atomic mass is 10.00. The highest BCUT2D eigenvalue weighted by atomic mass is 32.2. The Morgan fingerprint density at radius 1 is 1.33 bits per heavy atom. The predicted molar refractivity (Wildman–Crippen MR) is 64.3 cm³/mol. The molecule has 1 amide bonds. The van der Waals surface area contributed by atoms with Crippen molar-refractivity contribution in [1.29, 1.82) is 0 Å². The third-order valence-corrected chi connectivity index (χ3v) is 6.34. The second-order valence-corrected chi connectivity index (χ2v) is 7.53. The van der Waals surface area contributed by atoms with Crippen molar-refractivity contribution >= 4 is 15.9 Å². The highest BCUT2D eigenvalue weighted by molar-refractivity contribution is 7.90. The Balaban J connectivity index is 1.75. The van der Waals surface area contributed by atoms with Crippen LogP contribution in [0.5, 0.6) is 0 Å². The van der Waals surface area contributed by atoms with Crippen LogP contribution >= 0.6 is 0 Å². The molecular formula is C11H18N2O4S. The second kappa shape index (κ2) is 4.18. The smallest absolute Gasteiger partial charge is 0.225 e. The van der Waals surface area contributed by atoms with Gasteiger partial charge in [0.15, 0.2) is 0 Å². The van der Waals surface area contributed by atoms with E-state index >= 15 is 0 Å². The van der Waals surface area contributed by atoms with Gasteiger partial charge in [-0.3, -0.25) is 4.79 Å². The molecule has 0 unspecified atom stereocenters. The number of amides is 1. The quantitative estimate of drug-likeness (QED) is 0.739. The zero-order valence-electron chi connectivity index (χ0n) is 10.3. The molecule has 0 aromatic heterocycles. The third-order valence-electron chi connectivity index (χ3n) is 4.01. The summed E-state index contributed by atoms with van der Waals surface area (Å²) in [6.45, 7) is 0.732. The first-order valence-electron chi connectivity index (χ1n) is 6.38. The van der Waals surface area contributed by atoms with Gasteiger partial charge in [-0.1, -0.05) is 0 Å². The second-order valence-electron chi connectivity index (χ2n) is 5.31. The number of morpholine rings is 1. The van der Waals surface area contributed by atoms with Gasteiger partial charge in [-0.15, -0.1) is 0 Å². The number of nitrogens with one attached hydrogen (secondary N) is 1. The summed E-state index contributed by atoms with van der Waals surface area (Å²) in [6.07, 6.45) is 1.76. The first-order valence-corrected chi connectivity index (χ1v) is 7.88. The molecule has 3 rings (SSSR count). The van der Waals surface area contributed by atoms with Gasteiger partial charge in [0, 0.05) is 20.1 Å². The first kappa shape index (κ1) is 12.4. The number of hydrogen-bond acceptors (Lipinski definition) is 4. The Hall–Kier alpha value is -0.660. The van der Waals surface area contributed by atoms with Crippen LogP contribution in [0.1, 0.15) is 19.3 Å². The summed E-state index contributed by atoms with van der Waals surface area (Å²) in [5.74, 6) is -0.257. The van der Waals surface area contributed by atoms with E-state index in [4.69, 9.17) is 4.74 Å². The van der Waals surface area contributed by atoms with Crippen LogP contribution in [0.4, 0.5) is 0 Å². The van der Waals surface area contributed by atoms with Crippen molar-refractivity contribution in [2.75, 3.05) is 20.1 Å². The van der Waals surface area contributed by atoms with Crippen molar-refractivity contribution in [3.05, 3.63) is 0 Å². The molecule has 7 heteroatoms. The van der Waals surface area contributed by atoms with Crippen LogP contribution in [0.15, 0.2) is 0 Å². The first-order chi connectivity index (χ1) is 8.52. The van der Waals surface area contributed by atoms with Gasteiger partial charge in [0.25, 0.3) is 0 Å². The molecule has 2 aliphatic heterocycles. The van der Waals surface area contributed by atoms with E-state index in [1.54, 1.807) is 7.05 Å². The molecule has 1 saturated carbocycles. The van der Waals surface area contributed by atoms with Crippen molar-refractivity contribution in [2.24, 2.45) is 5.92 Å². The fraction of sp³-hybridized carbons (Fsp3) is 0.909. The van der Waals surface area contributed by atoms with E-state index in [9.17, 15) is 13.2 Å². The number of fused-ring (bicyclic) bond motifs is 2. The van der Waals surface area contributed by atoms with Crippen LogP contribution in [0, 0.1) is 5.92 Å². The number of ether oxygens (including phenoxy) is 1. The Morgan fingerprint density at radius 3 is 2.67 bits per heavy atom. The summed E-state index contributed by atoms with van der Waals surface area (Å²) < 4.78 is 31.6. The molecule has 3 aliphatic rings. The summed E-state index contributed by atoms with van der Waals surface area (Å²) in [4.78, 5) is 11.7. The average Bonchev–Trinajstić information content (AvgIpc) is 3.15.